The molecule has 2 heterocycles. The van der Waals surface area contributed by atoms with Crippen molar-refractivity contribution in [1.82, 2.24) is 9.80 Å². The maximum atomic E-state index is 15.6. The average Bonchev–Trinajstić information content (AvgIpc) is 3.67. The molecule has 1 aliphatic carbocycles. The zero-order valence-electron chi connectivity index (χ0n) is 23.6. The average molecular weight is 541 g/mol. The lowest BCUT2D eigenvalue weighted by Gasteiger charge is -2.47. The van der Waals surface area contributed by atoms with Gasteiger partial charge in [-0.25, -0.2) is 4.39 Å². The van der Waals surface area contributed by atoms with Gasteiger partial charge in [-0.1, -0.05) is 78.9 Å². The number of benzene rings is 3. The Morgan fingerprint density at radius 2 is 1.55 bits per heavy atom. The summed E-state index contributed by atoms with van der Waals surface area (Å²) >= 11 is 0. The van der Waals surface area contributed by atoms with Crippen molar-refractivity contribution in [3.05, 3.63) is 102 Å². The molecule has 210 valence electrons. The van der Waals surface area contributed by atoms with Gasteiger partial charge >= 0.3 is 0 Å². The molecule has 3 fully saturated rings. The van der Waals surface area contributed by atoms with Crippen molar-refractivity contribution in [2.45, 2.75) is 56.7 Å². The summed E-state index contributed by atoms with van der Waals surface area (Å²) in [5.41, 5.74) is 3.05. The maximum Gasteiger partial charge on any atom is 0.227 e. The number of fused-ring (bicyclic) bond motifs is 1. The molecule has 0 aromatic heterocycles. The molecule has 5 heteroatoms. The highest BCUT2D eigenvalue weighted by atomic mass is 19.1. The molecule has 4 atom stereocenters. The minimum Gasteiger partial charge on any atom is -0.489 e. The van der Waals surface area contributed by atoms with Crippen LogP contribution in [0.1, 0.15) is 49.3 Å². The Hall–Kier alpha value is -3.18. The van der Waals surface area contributed by atoms with E-state index in [9.17, 15) is 4.79 Å². The third-order valence-electron chi connectivity index (χ3n) is 9.56. The summed E-state index contributed by atoms with van der Waals surface area (Å²) in [7, 11) is 0. The van der Waals surface area contributed by atoms with Crippen molar-refractivity contribution in [3.63, 3.8) is 0 Å². The molecule has 2 aliphatic heterocycles. The molecule has 4 nitrogen and oxygen atoms in total. The monoisotopic (exact) mass is 540 g/mol. The van der Waals surface area contributed by atoms with Crippen LogP contribution in [-0.4, -0.2) is 60.7 Å². The zero-order valence-corrected chi connectivity index (χ0v) is 23.6. The number of hydrogen-bond donors (Lipinski definition) is 0. The van der Waals surface area contributed by atoms with Crippen molar-refractivity contribution in [2.75, 3.05) is 32.7 Å². The van der Waals surface area contributed by atoms with E-state index in [1.54, 1.807) is 0 Å². The Morgan fingerprint density at radius 1 is 0.925 bits per heavy atom. The van der Waals surface area contributed by atoms with Crippen LogP contribution >= 0.6 is 0 Å². The number of ether oxygens (including phenoxy) is 1. The van der Waals surface area contributed by atoms with Crippen LogP contribution in [0.2, 0.25) is 0 Å². The molecule has 0 spiro atoms. The van der Waals surface area contributed by atoms with E-state index in [0.717, 1.165) is 37.4 Å². The molecule has 2 saturated heterocycles. The first-order chi connectivity index (χ1) is 19.5. The fourth-order valence-corrected chi connectivity index (χ4v) is 7.66. The molecule has 0 radical (unpaired) electrons. The number of carbonyl (C=O) groups excluding carboxylic acids is 1. The minimum absolute atomic E-state index is 0.0250. The smallest absolute Gasteiger partial charge is 0.227 e. The summed E-state index contributed by atoms with van der Waals surface area (Å²) in [5.74, 6) is 0.687. The largest absolute Gasteiger partial charge is 0.489 e. The van der Waals surface area contributed by atoms with E-state index < -0.39 is 6.17 Å². The van der Waals surface area contributed by atoms with Gasteiger partial charge in [-0.3, -0.25) is 9.69 Å². The van der Waals surface area contributed by atoms with Crippen molar-refractivity contribution < 1.29 is 13.9 Å². The zero-order chi connectivity index (χ0) is 27.5. The van der Waals surface area contributed by atoms with Crippen molar-refractivity contribution in [3.8, 4) is 5.75 Å². The lowest BCUT2D eigenvalue weighted by Crippen LogP contribution is -2.47. The van der Waals surface area contributed by atoms with E-state index in [1.165, 1.54) is 24.0 Å². The van der Waals surface area contributed by atoms with Gasteiger partial charge in [0.2, 0.25) is 5.91 Å². The summed E-state index contributed by atoms with van der Waals surface area (Å²) in [4.78, 5) is 18.2. The van der Waals surface area contributed by atoms with Gasteiger partial charge in [-0.15, -0.1) is 0 Å². The van der Waals surface area contributed by atoms with Crippen LogP contribution in [0.15, 0.2) is 84.9 Å². The lowest BCUT2D eigenvalue weighted by atomic mass is 9.56. The van der Waals surface area contributed by atoms with Gasteiger partial charge < -0.3 is 9.64 Å². The van der Waals surface area contributed by atoms with E-state index in [4.69, 9.17) is 4.74 Å². The Kier molecular flexibility index (Phi) is 7.93. The summed E-state index contributed by atoms with van der Waals surface area (Å²) in [6, 6.07) is 29.0. The fourth-order valence-electron chi connectivity index (χ4n) is 7.66. The van der Waals surface area contributed by atoms with E-state index in [-0.39, 0.29) is 35.7 Å². The summed E-state index contributed by atoms with van der Waals surface area (Å²) in [6.45, 7) is 6.32. The first-order valence-corrected chi connectivity index (χ1v) is 15.0. The first-order valence-electron chi connectivity index (χ1n) is 15.0. The van der Waals surface area contributed by atoms with Crippen LogP contribution in [0.4, 0.5) is 4.39 Å². The summed E-state index contributed by atoms with van der Waals surface area (Å²) < 4.78 is 21.9. The second-order valence-corrected chi connectivity index (χ2v) is 12.0. The van der Waals surface area contributed by atoms with Gasteiger partial charge in [0.15, 0.2) is 0 Å². The van der Waals surface area contributed by atoms with Crippen LogP contribution in [0, 0.1) is 11.8 Å². The molecule has 1 saturated carbocycles. The number of para-hydroxylation sites is 1. The number of alkyl halides is 1. The van der Waals surface area contributed by atoms with Crippen molar-refractivity contribution in [1.29, 1.82) is 0 Å². The molecule has 6 rings (SSSR count). The number of hydrogen-bond acceptors (Lipinski definition) is 3. The predicted octanol–water partition coefficient (Wildman–Crippen LogP) is 6.29. The molecule has 0 bridgehead atoms. The fraction of sp³-hybridized carbons (Fsp3) is 0.457. The SMILES string of the molecule is CC(CN1CCCC1)Oc1ccccc1CC(=O)N1CC2[C@H](C1)[C@H](F)CCC2(c1ccccc1)c1ccccc1. The number of amides is 1. The Labute approximate surface area is 238 Å². The van der Waals surface area contributed by atoms with Crippen LogP contribution in [-0.2, 0) is 16.6 Å². The Bertz CT molecular complexity index is 1240. The highest BCUT2D eigenvalue weighted by molar-refractivity contribution is 5.80. The molecule has 2 unspecified atom stereocenters. The molecule has 3 aromatic carbocycles. The topological polar surface area (TPSA) is 32.8 Å². The minimum atomic E-state index is -0.898. The second-order valence-electron chi connectivity index (χ2n) is 12.0. The molecule has 3 aromatic rings. The Balaban J connectivity index is 1.23. The van der Waals surface area contributed by atoms with Gasteiger partial charge in [0.25, 0.3) is 0 Å². The quantitative estimate of drug-likeness (QED) is 0.337. The summed E-state index contributed by atoms with van der Waals surface area (Å²) in [5, 5.41) is 0. The standard InChI is InChI=1S/C35H41FN2O2/c1-26(23-37-20-10-11-21-37)40-33-17-9-8-12-27(33)22-34(39)38-24-30-31(25-38)35(19-18-32(30)36,28-13-4-2-5-14-28)29-15-6-3-7-16-29/h2-9,12-17,26,30-32H,10-11,18-25H2,1H3/t26?,30-,31?,32+/m0/s1. The molecule has 40 heavy (non-hydrogen) atoms. The number of carbonyl (C=O) groups is 1. The third-order valence-corrected chi connectivity index (χ3v) is 9.56. The van der Waals surface area contributed by atoms with E-state index >= 15 is 4.39 Å². The van der Waals surface area contributed by atoms with E-state index in [0.29, 0.717) is 19.5 Å². The van der Waals surface area contributed by atoms with Gasteiger partial charge in [0.1, 0.15) is 18.0 Å². The highest BCUT2D eigenvalue weighted by Crippen LogP contribution is 2.54. The van der Waals surface area contributed by atoms with Crippen molar-refractivity contribution in [2.24, 2.45) is 11.8 Å². The lowest BCUT2D eigenvalue weighted by molar-refractivity contribution is -0.129. The predicted molar refractivity (Wildman–Crippen MR) is 157 cm³/mol. The van der Waals surface area contributed by atoms with Crippen LogP contribution < -0.4 is 4.74 Å². The van der Waals surface area contributed by atoms with Crippen molar-refractivity contribution >= 4 is 5.91 Å². The second kappa shape index (κ2) is 11.7. The molecular formula is C35H41FN2O2. The summed E-state index contributed by atoms with van der Waals surface area (Å²) in [6.07, 6.45) is 3.19. The maximum absolute atomic E-state index is 15.6. The van der Waals surface area contributed by atoms with Crippen LogP contribution in [0.3, 0.4) is 0 Å². The third kappa shape index (κ3) is 5.28. The van der Waals surface area contributed by atoms with Crippen LogP contribution in [0.25, 0.3) is 0 Å². The number of likely N-dealkylation sites (tertiary alicyclic amines) is 2. The van der Waals surface area contributed by atoms with Gasteiger partial charge in [-0.2, -0.15) is 0 Å². The van der Waals surface area contributed by atoms with Gasteiger partial charge in [0.05, 0.1) is 6.42 Å². The number of halogens is 1. The van der Waals surface area contributed by atoms with E-state index in [1.807, 2.05) is 41.3 Å². The molecule has 3 aliphatic rings. The van der Waals surface area contributed by atoms with Gasteiger partial charge in [-0.05, 0) is 68.8 Å². The molecular weight excluding hydrogens is 499 g/mol. The Morgan fingerprint density at radius 3 is 2.23 bits per heavy atom. The van der Waals surface area contributed by atoms with Crippen LogP contribution in [0.5, 0.6) is 5.75 Å². The van der Waals surface area contributed by atoms with E-state index in [2.05, 4.69) is 60.4 Å². The number of nitrogens with zero attached hydrogens (tertiary/aromatic N) is 2. The number of rotatable bonds is 8. The normalized spacial score (nSPS) is 24.9. The molecule has 0 N–H and O–H groups in total. The highest BCUT2D eigenvalue weighted by Gasteiger charge is 2.55. The van der Waals surface area contributed by atoms with Gasteiger partial charge in [0, 0.05) is 36.5 Å². The first kappa shape index (κ1) is 27.0. The molecule has 1 amide bonds.